The first-order chi connectivity index (χ1) is 15.2. The number of halogens is 4. The van der Waals surface area contributed by atoms with Crippen molar-refractivity contribution in [3.63, 3.8) is 0 Å². The van der Waals surface area contributed by atoms with E-state index in [2.05, 4.69) is 11.3 Å². The highest BCUT2D eigenvalue weighted by Gasteiger charge is 2.33. The Bertz CT molecular complexity index is 998. The lowest BCUT2D eigenvalue weighted by Gasteiger charge is -2.12. The molecule has 0 unspecified atom stereocenters. The summed E-state index contributed by atoms with van der Waals surface area (Å²) in [6.45, 7) is 3.78. The van der Waals surface area contributed by atoms with Gasteiger partial charge in [0.05, 0.1) is 26.4 Å². The van der Waals surface area contributed by atoms with Crippen LogP contribution in [0, 0.1) is 23.3 Å². The molecular weight excluding hydrogens is 460 g/mol. The number of hydrogen-bond acceptors (Lipinski definition) is 6. The topological polar surface area (TPSA) is 91.3 Å². The quantitative estimate of drug-likeness (QED) is 0.203. The van der Waals surface area contributed by atoms with Crippen LogP contribution < -0.4 is 9.47 Å². The number of rotatable bonds is 13. The number of ether oxygens (including phenoxy) is 4. The second kappa shape index (κ2) is 11.8. The van der Waals surface area contributed by atoms with Crippen molar-refractivity contribution >= 4 is 16.2 Å². The highest BCUT2D eigenvalue weighted by Crippen LogP contribution is 2.32. The minimum atomic E-state index is -5.52. The summed E-state index contributed by atoms with van der Waals surface area (Å²) in [5, 5.41) is 0. The molecule has 12 heteroatoms. The third kappa shape index (κ3) is 6.92. The summed E-state index contributed by atoms with van der Waals surface area (Å²) in [7, 11) is -5.52. The molecule has 1 N–H and O–H groups in total. The van der Waals surface area contributed by atoms with E-state index in [-0.39, 0.29) is 26.4 Å². The van der Waals surface area contributed by atoms with Gasteiger partial charge in [0.1, 0.15) is 19.0 Å². The van der Waals surface area contributed by atoms with E-state index in [1.807, 2.05) is 12.1 Å². The standard InChI is InChI=1S/C20H20F4O7S/c1-2-13-3-5-14(6-4-13)30-11-9-28-7-8-29-10-12-31-19-15(21)17(23)20(32(25,26)27)18(24)16(19)22/h2-6H,1,7-12H2,(H,25,26,27). The van der Waals surface area contributed by atoms with Gasteiger partial charge in [-0.2, -0.15) is 17.2 Å². The molecule has 0 amide bonds. The Labute approximate surface area is 181 Å². The molecule has 0 radical (unpaired) electrons. The average molecular weight is 480 g/mol. The first-order valence-electron chi connectivity index (χ1n) is 9.13. The van der Waals surface area contributed by atoms with Gasteiger partial charge in [0, 0.05) is 0 Å². The molecule has 0 bridgehead atoms. The molecule has 0 saturated heterocycles. The molecule has 2 aromatic carbocycles. The molecule has 2 rings (SSSR count). The number of benzene rings is 2. The maximum Gasteiger partial charge on any atom is 0.300 e. The SMILES string of the molecule is C=Cc1ccc(OCCOCCOCCOc2c(F)c(F)c(S(=O)(=O)O)c(F)c2F)cc1. The molecule has 0 atom stereocenters. The van der Waals surface area contributed by atoms with Crippen LogP contribution in [0.25, 0.3) is 6.08 Å². The van der Waals surface area contributed by atoms with E-state index in [0.29, 0.717) is 12.4 Å². The minimum Gasteiger partial charge on any atom is -0.491 e. The van der Waals surface area contributed by atoms with Gasteiger partial charge >= 0.3 is 10.1 Å². The Kier molecular flexibility index (Phi) is 9.44. The third-order valence-electron chi connectivity index (χ3n) is 3.90. The second-order valence-electron chi connectivity index (χ2n) is 6.08. The summed E-state index contributed by atoms with van der Waals surface area (Å²) in [6.07, 6.45) is 1.71. The van der Waals surface area contributed by atoms with Gasteiger partial charge in [0.2, 0.25) is 11.6 Å². The van der Waals surface area contributed by atoms with E-state index in [0.717, 1.165) is 5.56 Å². The van der Waals surface area contributed by atoms with Crippen LogP contribution in [0.1, 0.15) is 5.56 Å². The van der Waals surface area contributed by atoms with E-state index < -0.39 is 50.6 Å². The second-order valence-corrected chi connectivity index (χ2v) is 7.44. The van der Waals surface area contributed by atoms with E-state index in [4.69, 9.17) is 18.8 Å². The monoisotopic (exact) mass is 480 g/mol. The molecular formula is C20H20F4O7S. The molecule has 2 aromatic rings. The molecule has 7 nitrogen and oxygen atoms in total. The lowest BCUT2D eigenvalue weighted by molar-refractivity contribution is 0.0264. The number of hydrogen-bond donors (Lipinski definition) is 1. The predicted molar refractivity (Wildman–Crippen MR) is 105 cm³/mol. The molecule has 0 heterocycles. The minimum absolute atomic E-state index is 0.0901. The van der Waals surface area contributed by atoms with E-state index in [9.17, 15) is 26.0 Å². The van der Waals surface area contributed by atoms with Crippen molar-refractivity contribution in [2.45, 2.75) is 4.90 Å². The highest BCUT2D eigenvalue weighted by atomic mass is 32.2. The van der Waals surface area contributed by atoms with Gasteiger partial charge in [-0.25, -0.2) is 8.78 Å². The predicted octanol–water partition coefficient (Wildman–Crippen LogP) is 3.62. The van der Waals surface area contributed by atoms with Gasteiger partial charge in [-0.3, -0.25) is 4.55 Å². The Balaban J connectivity index is 1.66. The van der Waals surface area contributed by atoms with Crippen LogP contribution >= 0.6 is 0 Å². The Morgan fingerprint density at radius 1 is 0.781 bits per heavy atom. The van der Waals surface area contributed by atoms with E-state index in [1.54, 1.807) is 18.2 Å². The smallest absolute Gasteiger partial charge is 0.300 e. The zero-order valence-electron chi connectivity index (χ0n) is 16.7. The molecule has 0 aliphatic carbocycles. The van der Waals surface area contributed by atoms with Gasteiger partial charge in [-0.05, 0) is 17.7 Å². The zero-order chi connectivity index (χ0) is 23.7. The van der Waals surface area contributed by atoms with Crippen LogP contribution in [0.4, 0.5) is 17.6 Å². The summed E-state index contributed by atoms with van der Waals surface area (Å²) in [4.78, 5) is -2.13. The van der Waals surface area contributed by atoms with Gasteiger partial charge < -0.3 is 18.9 Å². The lowest BCUT2D eigenvalue weighted by Crippen LogP contribution is -2.16. The summed E-state index contributed by atoms with van der Waals surface area (Å²) in [5.74, 6) is -9.59. The van der Waals surface area contributed by atoms with Gasteiger partial charge in [-0.1, -0.05) is 24.8 Å². The molecule has 32 heavy (non-hydrogen) atoms. The van der Waals surface area contributed by atoms with Crippen molar-refractivity contribution in [1.29, 1.82) is 0 Å². The largest absolute Gasteiger partial charge is 0.491 e. The Morgan fingerprint density at radius 3 is 1.72 bits per heavy atom. The van der Waals surface area contributed by atoms with Crippen LogP contribution in [-0.4, -0.2) is 52.6 Å². The molecule has 176 valence electrons. The summed E-state index contributed by atoms with van der Waals surface area (Å²) in [5.41, 5.74) is 0.964. The molecule has 0 aliphatic heterocycles. The van der Waals surface area contributed by atoms with Crippen molar-refractivity contribution in [3.05, 3.63) is 59.7 Å². The average Bonchev–Trinajstić information content (AvgIpc) is 2.75. The molecule has 0 aliphatic rings. The van der Waals surface area contributed by atoms with Crippen LogP contribution in [0.15, 0.2) is 35.7 Å². The van der Waals surface area contributed by atoms with E-state index >= 15 is 0 Å². The lowest BCUT2D eigenvalue weighted by atomic mass is 10.2. The van der Waals surface area contributed by atoms with Crippen LogP contribution in [0.3, 0.4) is 0 Å². The fraction of sp³-hybridized carbons (Fsp3) is 0.300. The van der Waals surface area contributed by atoms with E-state index in [1.165, 1.54) is 0 Å². The Morgan fingerprint density at radius 2 is 1.25 bits per heavy atom. The third-order valence-corrected chi connectivity index (χ3v) is 4.77. The summed E-state index contributed by atoms with van der Waals surface area (Å²) >= 11 is 0. The van der Waals surface area contributed by atoms with Crippen molar-refractivity contribution in [2.75, 3.05) is 39.6 Å². The molecule has 0 saturated carbocycles. The van der Waals surface area contributed by atoms with Crippen molar-refractivity contribution in [1.82, 2.24) is 0 Å². The van der Waals surface area contributed by atoms with Crippen molar-refractivity contribution in [3.8, 4) is 11.5 Å². The highest BCUT2D eigenvalue weighted by molar-refractivity contribution is 7.85. The van der Waals surface area contributed by atoms with Gasteiger partial charge in [-0.15, -0.1) is 0 Å². The Hall–Kier alpha value is -2.67. The normalized spacial score (nSPS) is 11.4. The summed E-state index contributed by atoms with van der Waals surface area (Å²) < 4.78 is 106. The van der Waals surface area contributed by atoms with Gasteiger partial charge in [0.15, 0.2) is 22.3 Å². The molecule has 0 fully saturated rings. The van der Waals surface area contributed by atoms with Gasteiger partial charge in [0.25, 0.3) is 0 Å². The molecule has 0 spiro atoms. The fourth-order valence-corrected chi connectivity index (χ4v) is 3.02. The van der Waals surface area contributed by atoms with Crippen LogP contribution in [-0.2, 0) is 19.6 Å². The van der Waals surface area contributed by atoms with Crippen molar-refractivity contribution in [2.24, 2.45) is 0 Å². The van der Waals surface area contributed by atoms with Crippen LogP contribution in [0.2, 0.25) is 0 Å². The fourth-order valence-electron chi connectivity index (χ4n) is 2.39. The first-order valence-corrected chi connectivity index (χ1v) is 10.6. The first kappa shape index (κ1) is 25.6. The zero-order valence-corrected chi connectivity index (χ0v) is 17.5. The van der Waals surface area contributed by atoms with Crippen molar-refractivity contribution < 1.29 is 49.5 Å². The van der Waals surface area contributed by atoms with Crippen LogP contribution in [0.5, 0.6) is 11.5 Å². The molecule has 0 aromatic heterocycles. The maximum atomic E-state index is 13.8. The maximum absolute atomic E-state index is 13.8. The summed E-state index contributed by atoms with van der Waals surface area (Å²) in [6, 6.07) is 7.28.